The third-order valence-corrected chi connectivity index (χ3v) is 2.70. The number of pyridine rings is 1. The molecule has 0 bridgehead atoms. The maximum absolute atomic E-state index is 5.80. The molecule has 3 heteroatoms. The molecule has 1 aromatic carbocycles. The predicted molar refractivity (Wildman–Crippen MR) is 69.4 cm³/mol. The van der Waals surface area contributed by atoms with Crippen LogP contribution in [0.15, 0.2) is 42.5 Å². The molecule has 0 aliphatic rings. The number of hydrogen-bond donors (Lipinski definition) is 0. The molecule has 0 amide bonds. The molecule has 0 fully saturated rings. The third-order valence-electron chi connectivity index (χ3n) is 2.49. The lowest BCUT2D eigenvalue weighted by molar-refractivity contribution is 0.301. The van der Waals surface area contributed by atoms with Crippen LogP contribution in [0, 0.1) is 0 Å². The van der Waals surface area contributed by atoms with Gasteiger partial charge in [0.05, 0.1) is 5.69 Å². The van der Waals surface area contributed by atoms with Crippen LogP contribution in [-0.4, -0.2) is 4.98 Å². The normalized spacial score (nSPS) is 10.2. The molecule has 0 aliphatic carbocycles. The minimum absolute atomic E-state index is 0.437. The highest BCUT2D eigenvalue weighted by atomic mass is 35.5. The lowest BCUT2D eigenvalue weighted by Gasteiger charge is -2.06. The van der Waals surface area contributed by atoms with Crippen LogP contribution in [0.5, 0.6) is 5.75 Å². The van der Waals surface area contributed by atoms with Crippen molar-refractivity contribution in [3.05, 3.63) is 58.9 Å². The van der Waals surface area contributed by atoms with Gasteiger partial charge in [0.2, 0.25) is 0 Å². The van der Waals surface area contributed by atoms with E-state index in [1.165, 1.54) is 5.56 Å². The van der Waals surface area contributed by atoms with Gasteiger partial charge in [-0.3, -0.25) is 0 Å². The van der Waals surface area contributed by atoms with E-state index in [0.717, 1.165) is 17.9 Å². The Kier molecular flexibility index (Phi) is 3.99. The Morgan fingerprint density at radius 1 is 1.12 bits per heavy atom. The van der Waals surface area contributed by atoms with Gasteiger partial charge in [0.1, 0.15) is 17.5 Å². The summed E-state index contributed by atoms with van der Waals surface area (Å²) in [4.78, 5) is 4.16. The second kappa shape index (κ2) is 5.69. The zero-order valence-electron chi connectivity index (χ0n) is 9.69. The monoisotopic (exact) mass is 247 g/mol. The van der Waals surface area contributed by atoms with Crippen molar-refractivity contribution in [1.29, 1.82) is 0 Å². The molecule has 0 radical (unpaired) electrons. The van der Waals surface area contributed by atoms with Crippen molar-refractivity contribution in [2.24, 2.45) is 0 Å². The Hall–Kier alpha value is -1.54. The molecule has 0 unspecified atom stereocenters. The topological polar surface area (TPSA) is 22.1 Å². The molecule has 1 aromatic heterocycles. The summed E-state index contributed by atoms with van der Waals surface area (Å²) in [6.07, 6.45) is 1.04. The number of ether oxygens (including phenoxy) is 1. The molecule has 0 aliphatic heterocycles. The van der Waals surface area contributed by atoms with Gasteiger partial charge >= 0.3 is 0 Å². The first-order valence-corrected chi connectivity index (χ1v) is 5.99. The summed E-state index contributed by atoms with van der Waals surface area (Å²) in [5.74, 6) is 0.851. The molecule has 1 heterocycles. The van der Waals surface area contributed by atoms with Crippen molar-refractivity contribution in [2.75, 3.05) is 0 Å². The van der Waals surface area contributed by atoms with Gasteiger partial charge in [-0.1, -0.05) is 36.7 Å². The van der Waals surface area contributed by atoms with Gasteiger partial charge in [0, 0.05) is 0 Å². The lowest BCUT2D eigenvalue weighted by Crippen LogP contribution is -1.98. The van der Waals surface area contributed by atoms with E-state index in [1.807, 2.05) is 24.3 Å². The van der Waals surface area contributed by atoms with E-state index in [0.29, 0.717) is 11.8 Å². The molecule has 88 valence electrons. The molecule has 0 N–H and O–H groups in total. The zero-order valence-corrected chi connectivity index (χ0v) is 10.4. The Morgan fingerprint density at radius 3 is 2.53 bits per heavy atom. The smallest absolute Gasteiger partial charge is 0.130 e. The van der Waals surface area contributed by atoms with Gasteiger partial charge in [0.15, 0.2) is 0 Å². The summed E-state index contributed by atoms with van der Waals surface area (Å²) < 4.78 is 5.63. The van der Waals surface area contributed by atoms with Crippen LogP contribution in [0.25, 0.3) is 0 Å². The summed E-state index contributed by atoms with van der Waals surface area (Å²) in [5.41, 5.74) is 2.13. The van der Waals surface area contributed by atoms with Crippen molar-refractivity contribution in [3.63, 3.8) is 0 Å². The minimum atomic E-state index is 0.437. The average Bonchev–Trinajstić information content (AvgIpc) is 2.37. The van der Waals surface area contributed by atoms with Gasteiger partial charge in [-0.25, -0.2) is 4.98 Å². The molecule has 0 spiro atoms. The number of hydrogen-bond acceptors (Lipinski definition) is 2. The molecule has 0 atom stereocenters. The van der Waals surface area contributed by atoms with E-state index in [9.17, 15) is 0 Å². The Balaban J connectivity index is 1.97. The van der Waals surface area contributed by atoms with Crippen LogP contribution < -0.4 is 4.74 Å². The van der Waals surface area contributed by atoms with E-state index < -0.39 is 0 Å². The molecule has 17 heavy (non-hydrogen) atoms. The second-order valence-electron chi connectivity index (χ2n) is 3.74. The standard InChI is InChI=1S/C14H14ClNO/c1-2-11-6-8-13(9-7-11)17-10-12-4-3-5-14(15)16-12/h3-9H,2,10H2,1H3. The second-order valence-corrected chi connectivity index (χ2v) is 4.13. The van der Waals surface area contributed by atoms with Gasteiger partial charge < -0.3 is 4.74 Å². The van der Waals surface area contributed by atoms with E-state index in [4.69, 9.17) is 16.3 Å². The van der Waals surface area contributed by atoms with Crippen molar-refractivity contribution < 1.29 is 4.74 Å². The molecule has 2 rings (SSSR count). The highest BCUT2D eigenvalue weighted by Gasteiger charge is 1.98. The lowest BCUT2D eigenvalue weighted by atomic mass is 10.2. The summed E-state index contributed by atoms with van der Waals surface area (Å²) >= 11 is 5.80. The number of nitrogens with zero attached hydrogens (tertiary/aromatic N) is 1. The average molecular weight is 248 g/mol. The van der Waals surface area contributed by atoms with Crippen molar-refractivity contribution in [3.8, 4) is 5.75 Å². The minimum Gasteiger partial charge on any atom is -0.487 e. The SMILES string of the molecule is CCc1ccc(OCc2cccc(Cl)n2)cc1. The quantitative estimate of drug-likeness (QED) is 0.765. The maximum atomic E-state index is 5.80. The fourth-order valence-corrected chi connectivity index (χ4v) is 1.69. The summed E-state index contributed by atoms with van der Waals surface area (Å²) in [6, 6.07) is 13.6. The number of aryl methyl sites for hydroxylation is 1. The molecule has 0 saturated carbocycles. The zero-order chi connectivity index (χ0) is 12.1. The molecule has 2 nitrogen and oxygen atoms in total. The van der Waals surface area contributed by atoms with Crippen molar-refractivity contribution in [2.45, 2.75) is 20.0 Å². The number of aromatic nitrogens is 1. The largest absolute Gasteiger partial charge is 0.487 e. The van der Waals surface area contributed by atoms with Gasteiger partial charge in [-0.15, -0.1) is 0 Å². The van der Waals surface area contributed by atoms with Crippen LogP contribution in [-0.2, 0) is 13.0 Å². The highest BCUT2D eigenvalue weighted by Crippen LogP contribution is 2.14. The first-order chi connectivity index (χ1) is 8.28. The first kappa shape index (κ1) is 11.9. The number of rotatable bonds is 4. The fourth-order valence-electron chi connectivity index (χ4n) is 1.51. The van der Waals surface area contributed by atoms with Crippen LogP contribution in [0.1, 0.15) is 18.2 Å². The van der Waals surface area contributed by atoms with Crippen LogP contribution in [0.4, 0.5) is 0 Å². The van der Waals surface area contributed by atoms with Crippen LogP contribution in [0.2, 0.25) is 5.15 Å². The van der Waals surface area contributed by atoms with Gasteiger partial charge in [0.25, 0.3) is 0 Å². The van der Waals surface area contributed by atoms with Gasteiger partial charge in [-0.05, 0) is 36.2 Å². The molecule has 2 aromatic rings. The van der Waals surface area contributed by atoms with Crippen LogP contribution in [0.3, 0.4) is 0 Å². The summed E-state index contributed by atoms with van der Waals surface area (Å²) in [5, 5.41) is 0.493. The predicted octanol–water partition coefficient (Wildman–Crippen LogP) is 3.88. The molecular formula is C14H14ClNO. The Labute approximate surface area is 106 Å². The highest BCUT2D eigenvalue weighted by molar-refractivity contribution is 6.29. The molecule has 0 saturated heterocycles. The number of halogens is 1. The Morgan fingerprint density at radius 2 is 1.88 bits per heavy atom. The first-order valence-electron chi connectivity index (χ1n) is 5.61. The van der Waals surface area contributed by atoms with Crippen molar-refractivity contribution in [1.82, 2.24) is 4.98 Å². The van der Waals surface area contributed by atoms with Crippen molar-refractivity contribution >= 4 is 11.6 Å². The summed E-state index contributed by atoms with van der Waals surface area (Å²) in [6.45, 7) is 2.57. The van der Waals surface area contributed by atoms with E-state index in [-0.39, 0.29) is 0 Å². The Bertz CT molecular complexity index is 482. The maximum Gasteiger partial charge on any atom is 0.130 e. The summed E-state index contributed by atoms with van der Waals surface area (Å²) in [7, 11) is 0. The third kappa shape index (κ3) is 3.46. The van der Waals surface area contributed by atoms with Gasteiger partial charge in [-0.2, -0.15) is 0 Å². The van der Waals surface area contributed by atoms with Crippen LogP contribution >= 0.6 is 11.6 Å². The van der Waals surface area contributed by atoms with E-state index in [2.05, 4.69) is 24.0 Å². The van der Waals surface area contributed by atoms with E-state index in [1.54, 1.807) is 6.07 Å². The van der Waals surface area contributed by atoms with E-state index >= 15 is 0 Å². The fraction of sp³-hybridized carbons (Fsp3) is 0.214. The molecular weight excluding hydrogens is 234 g/mol. The number of benzene rings is 1.